The standard InChI is InChI=1S/C19H21NO/c1-13-8-9-17(14(2)10-13)15(3)20-11-16-12-21-19-7-5-4-6-18(16)19/h4-10,12,15,20H,11H2,1-3H3. The number of benzene rings is 2. The fourth-order valence-electron chi connectivity index (χ4n) is 2.85. The lowest BCUT2D eigenvalue weighted by Crippen LogP contribution is -2.18. The Morgan fingerprint density at radius 2 is 1.90 bits per heavy atom. The summed E-state index contributed by atoms with van der Waals surface area (Å²) in [7, 11) is 0. The van der Waals surface area contributed by atoms with Crippen LogP contribution in [0.2, 0.25) is 0 Å². The van der Waals surface area contributed by atoms with Crippen molar-refractivity contribution in [1.29, 1.82) is 0 Å². The zero-order valence-electron chi connectivity index (χ0n) is 12.8. The topological polar surface area (TPSA) is 25.2 Å². The van der Waals surface area contributed by atoms with Crippen LogP contribution in [0.15, 0.2) is 53.1 Å². The molecule has 1 aromatic heterocycles. The molecule has 0 fully saturated rings. The Balaban J connectivity index is 1.75. The molecule has 0 aliphatic rings. The number of hydrogen-bond donors (Lipinski definition) is 1. The Morgan fingerprint density at radius 3 is 2.71 bits per heavy atom. The van der Waals surface area contributed by atoms with Gasteiger partial charge in [-0.1, -0.05) is 42.0 Å². The predicted molar refractivity (Wildman–Crippen MR) is 87.4 cm³/mol. The van der Waals surface area contributed by atoms with E-state index in [-0.39, 0.29) is 0 Å². The van der Waals surface area contributed by atoms with Gasteiger partial charge in [-0.05, 0) is 38.0 Å². The van der Waals surface area contributed by atoms with Gasteiger partial charge in [0, 0.05) is 23.5 Å². The van der Waals surface area contributed by atoms with Gasteiger partial charge in [0.1, 0.15) is 5.58 Å². The zero-order chi connectivity index (χ0) is 14.8. The fourth-order valence-corrected chi connectivity index (χ4v) is 2.85. The normalized spacial score (nSPS) is 12.7. The number of furan rings is 1. The average molecular weight is 279 g/mol. The highest BCUT2D eigenvalue weighted by Crippen LogP contribution is 2.23. The first-order valence-corrected chi connectivity index (χ1v) is 7.41. The third-order valence-electron chi connectivity index (χ3n) is 4.05. The minimum atomic E-state index is 0.319. The summed E-state index contributed by atoms with van der Waals surface area (Å²) in [6, 6.07) is 15.1. The summed E-state index contributed by atoms with van der Waals surface area (Å²) in [6.45, 7) is 7.33. The lowest BCUT2D eigenvalue weighted by molar-refractivity contribution is 0.560. The third kappa shape index (κ3) is 2.86. The molecule has 0 bridgehead atoms. The molecular weight excluding hydrogens is 258 g/mol. The Hall–Kier alpha value is -2.06. The summed E-state index contributed by atoms with van der Waals surface area (Å²) in [4.78, 5) is 0. The maximum absolute atomic E-state index is 5.59. The van der Waals surface area contributed by atoms with Crippen molar-refractivity contribution >= 4 is 11.0 Å². The van der Waals surface area contributed by atoms with Crippen molar-refractivity contribution in [3.8, 4) is 0 Å². The minimum absolute atomic E-state index is 0.319. The van der Waals surface area contributed by atoms with E-state index in [0.29, 0.717) is 6.04 Å². The molecule has 0 amide bonds. The summed E-state index contributed by atoms with van der Waals surface area (Å²) in [5, 5.41) is 4.79. The Kier molecular flexibility index (Phi) is 3.80. The summed E-state index contributed by atoms with van der Waals surface area (Å²) in [5.74, 6) is 0. The van der Waals surface area contributed by atoms with E-state index in [1.54, 1.807) is 0 Å². The van der Waals surface area contributed by atoms with Crippen LogP contribution < -0.4 is 5.32 Å². The van der Waals surface area contributed by atoms with Crippen molar-refractivity contribution in [2.24, 2.45) is 0 Å². The number of para-hydroxylation sites is 1. The first-order valence-electron chi connectivity index (χ1n) is 7.41. The van der Waals surface area contributed by atoms with Gasteiger partial charge in [0.25, 0.3) is 0 Å². The number of rotatable bonds is 4. The first-order chi connectivity index (χ1) is 10.1. The highest BCUT2D eigenvalue weighted by atomic mass is 16.3. The molecule has 2 aromatic carbocycles. The van der Waals surface area contributed by atoms with Gasteiger partial charge in [-0.25, -0.2) is 0 Å². The largest absolute Gasteiger partial charge is 0.464 e. The number of fused-ring (bicyclic) bond motifs is 1. The van der Waals surface area contributed by atoms with Crippen molar-refractivity contribution in [2.75, 3.05) is 0 Å². The quantitative estimate of drug-likeness (QED) is 0.734. The van der Waals surface area contributed by atoms with Crippen LogP contribution in [-0.2, 0) is 6.54 Å². The van der Waals surface area contributed by atoms with Crippen LogP contribution in [0.1, 0.15) is 35.2 Å². The molecular formula is C19H21NO. The molecule has 1 atom stereocenters. The molecule has 0 radical (unpaired) electrons. The van der Waals surface area contributed by atoms with Crippen LogP contribution >= 0.6 is 0 Å². The SMILES string of the molecule is Cc1ccc(C(C)NCc2coc3ccccc23)c(C)c1. The Bertz CT molecular complexity index is 757. The molecule has 1 heterocycles. The fraction of sp³-hybridized carbons (Fsp3) is 0.263. The van der Waals surface area contributed by atoms with Crippen molar-refractivity contribution in [3.63, 3.8) is 0 Å². The van der Waals surface area contributed by atoms with Crippen molar-refractivity contribution in [3.05, 3.63) is 71.0 Å². The van der Waals surface area contributed by atoms with E-state index in [9.17, 15) is 0 Å². The summed E-state index contributed by atoms with van der Waals surface area (Å²) in [5.41, 5.74) is 6.17. The van der Waals surface area contributed by atoms with E-state index in [0.717, 1.165) is 12.1 Å². The zero-order valence-corrected chi connectivity index (χ0v) is 12.8. The number of hydrogen-bond acceptors (Lipinski definition) is 2. The minimum Gasteiger partial charge on any atom is -0.464 e. The highest BCUT2D eigenvalue weighted by molar-refractivity contribution is 5.80. The van der Waals surface area contributed by atoms with Crippen LogP contribution in [0.4, 0.5) is 0 Å². The van der Waals surface area contributed by atoms with Gasteiger partial charge in [-0.3, -0.25) is 0 Å². The van der Waals surface area contributed by atoms with Crippen LogP contribution in [0.25, 0.3) is 11.0 Å². The highest BCUT2D eigenvalue weighted by Gasteiger charge is 2.10. The molecule has 0 saturated heterocycles. The summed E-state index contributed by atoms with van der Waals surface area (Å²) < 4.78 is 5.59. The van der Waals surface area contributed by atoms with Gasteiger partial charge in [-0.15, -0.1) is 0 Å². The molecule has 108 valence electrons. The second-order valence-electron chi connectivity index (χ2n) is 5.72. The van der Waals surface area contributed by atoms with E-state index in [1.807, 2.05) is 18.4 Å². The maximum atomic E-state index is 5.59. The molecule has 21 heavy (non-hydrogen) atoms. The maximum Gasteiger partial charge on any atom is 0.134 e. The number of nitrogens with one attached hydrogen (secondary N) is 1. The van der Waals surface area contributed by atoms with Crippen LogP contribution in [0, 0.1) is 13.8 Å². The molecule has 0 saturated carbocycles. The van der Waals surface area contributed by atoms with E-state index in [2.05, 4.69) is 56.4 Å². The third-order valence-corrected chi connectivity index (χ3v) is 4.05. The van der Waals surface area contributed by atoms with Crippen LogP contribution in [0.3, 0.4) is 0 Å². The molecule has 0 spiro atoms. The average Bonchev–Trinajstić information content (AvgIpc) is 2.88. The molecule has 2 nitrogen and oxygen atoms in total. The molecule has 0 aliphatic carbocycles. The number of aryl methyl sites for hydroxylation is 2. The van der Waals surface area contributed by atoms with E-state index in [4.69, 9.17) is 4.42 Å². The molecule has 0 aliphatic heterocycles. The first kappa shape index (κ1) is 13.9. The lowest BCUT2D eigenvalue weighted by atomic mass is 10.00. The summed E-state index contributed by atoms with van der Waals surface area (Å²) in [6.07, 6.45) is 1.85. The van der Waals surface area contributed by atoms with Gasteiger partial charge in [0.15, 0.2) is 0 Å². The van der Waals surface area contributed by atoms with Crippen LogP contribution in [-0.4, -0.2) is 0 Å². The van der Waals surface area contributed by atoms with E-state index in [1.165, 1.54) is 27.6 Å². The van der Waals surface area contributed by atoms with Gasteiger partial charge >= 0.3 is 0 Å². The Labute approximate surface area is 125 Å². The molecule has 2 heteroatoms. The van der Waals surface area contributed by atoms with E-state index < -0.39 is 0 Å². The predicted octanol–water partition coefficient (Wildman–Crippen LogP) is 4.90. The van der Waals surface area contributed by atoms with Gasteiger partial charge < -0.3 is 9.73 Å². The molecule has 3 aromatic rings. The molecule has 1 unspecified atom stereocenters. The summed E-state index contributed by atoms with van der Waals surface area (Å²) >= 11 is 0. The van der Waals surface area contributed by atoms with Crippen molar-refractivity contribution in [1.82, 2.24) is 5.32 Å². The second kappa shape index (κ2) is 5.74. The molecule has 3 rings (SSSR count). The monoisotopic (exact) mass is 279 g/mol. The van der Waals surface area contributed by atoms with Crippen molar-refractivity contribution < 1.29 is 4.42 Å². The molecule has 1 N–H and O–H groups in total. The van der Waals surface area contributed by atoms with Gasteiger partial charge in [0.05, 0.1) is 6.26 Å². The second-order valence-corrected chi connectivity index (χ2v) is 5.72. The van der Waals surface area contributed by atoms with Crippen molar-refractivity contribution in [2.45, 2.75) is 33.4 Å². The van der Waals surface area contributed by atoms with E-state index >= 15 is 0 Å². The lowest BCUT2D eigenvalue weighted by Gasteiger charge is -2.16. The Morgan fingerprint density at radius 1 is 1.10 bits per heavy atom. The van der Waals surface area contributed by atoms with Gasteiger partial charge in [-0.2, -0.15) is 0 Å². The smallest absolute Gasteiger partial charge is 0.134 e. The van der Waals surface area contributed by atoms with Crippen LogP contribution in [0.5, 0.6) is 0 Å². The van der Waals surface area contributed by atoms with Gasteiger partial charge in [0.2, 0.25) is 0 Å².